The second kappa shape index (κ2) is 5.82. The first-order valence-electron chi connectivity index (χ1n) is 6.25. The summed E-state index contributed by atoms with van der Waals surface area (Å²) in [6.45, 7) is 3.71. The van der Waals surface area contributed by atoms with Crippen LogP contribution in [-0.4, -0.2) is 30.6 Å². The summed E-state index contributed by atoms with van der Waals surface area (Å²) in [5.74, 6) is 0.982. The van der Waals surface area contributed by atoms with Crippen LogP contribution in [0.1, 0.15) is 28.9 Å². The van der Waals surface area contributed by atoms with Crippen LogP contribution in [0.5, 0.6) is 0 Å². The van der Waals surface area contributed by atoms with Crippen LogP contribution < -0.4 is 11.1 Å². The first-order chi connectivity index (χ1) is 8.65. The molecule has 1 aromatic rings. The predicted molar refractivity (Wildman–Crippen MR) is 69.3 cm³/mol. The number of ether oxygens (including phenoxy) is 1. The number of nitrogens with one attached hydrogen (secondary N) is 1. The molecule has 0 radical (unpaired) electrons. The smallest absolute Gasteiger partial charge is 0.251 e. The topological polar surface area (TPSA) is 77.2 Å². The molecular formula is C13H19N3O2. The van der Waals surface area contributed by atoms with Crippen molar-refractivity contribution in [1.82, 2.24) is 10.3 Å². The van der Waals surface area contributed by atoms with Crippen LogP contribution in [0.25, 0.3) is 0 Å². The maximum absolute atomic E-state index is 11.8. The second-order valence-electron chi connectivity index (χ2n) is 4.70. The van der Waals surface area contributed by atoms with Crippen molar-refractivity contribution in [3.8, 4) is 0 Å². The molecule has 1 fully saturated rings. The predicted octanol–water partition coefficient (Wildman–Crippen LogP) is 1.13. The van der Waals surface area contributed by atoms with Gasteiger partial charge >= 0.3 is 0 Å². The van der Waals surface area contributed by atoms with Crippen molar-refractivity contribution in [2.45, 2.75) is 19.8 Å². The largest absolute Gasteiger partial charge is 0.384 e. The van der Waals surface area contributed by atoms with E-state index in [1.54, 1.807) is 12.1 Å². The molecule has 1 amide bonds. The Labute approximate surface area is 107 Å². The lowest BCUT2D eigenvalue weighted by molar-refractivity contribution is 0.0906. The highest BCUT2D eigenvalue weighted by Crippen LogP contribution is 2.28. The van der Waals surface area contributed by atoms with E-state index >= 15 is 0 Å². The normalized spacial score (nSPS) is 14.5. The van der Waals surface area contributed by atoms with Crippen LogP contribution >= 0.6 is 0 Å². The maximum Gasteiger partial charge on any atom is 0.251 e. The number of nitrogens with two attached hydrogens (primary N) is 1. The molecule has 1 aliphatic carbocycles. The summed E-state index contributed by atoms with van der Waals surface area (Å²) >= 11 is 0. The highest BCUT2D eigenvalue weighted by molar-refractivity contribution is 5.94. The van der Waals surface area contributed by atoms with Crippen LogP contribution in [0.15, 0.2) is 12.1 Å². The van der Waals surface area contributed by atoms with Gasteiger partial charge in [-0.2, -0.15) is 0 Å². The molecule has 3 N–H and O–H groups in total. The number of aromatic nitrogens is 1. The van der Waals surface area contributed by atoms with Gasteiger partial charge in [0, 0.05) is 24.4 Å². The van der Waals surface area contributed by atoms with Crippen molar-refractivity contribution in [2.75, 3.05) is 25.5 Å². The Morgan fingerprint density at radius 2 is 2.33 bits per heavy atom. The molecule has 98 valence electrons. The van der Waals surface area contributed by atoms with Gasteiger partial charge in [0.15, 0.2) is 0 Å². The number of nitrogens with zero attached hydrogens (tertiary/aromatic N) is 1. The number of rotatable bonds is 6. The maximum atomic E-state index is 11.8. The van der Waals surface area contributed by atoms with Gasteiger partial charge in [0.2, 0.25) is 0 Å². The summed E-state index contributed by atoms with van der Waals surface area (Å²) in [5, 5.41) is 2.80. The van der Waals surface area contributed by atoms with Crippen LogP contribution in [0, 0.1) is 12.8 Å². The summed E-state index contributed by atoms with van der Waals surface area (Å²) in [4.78, 5) is 15.8. The minimum absolute atomic E-state index is 0.137. The molecule has 1 saturated carbocycles. The van der Waals surface area contributed by atoms with E-state index in [2.05, 4.69) is 10.3 Å². The first-order valence-corrected chi connectivity index (χ1v) is 6.25. The van der Waals surface area contributed by atoms with E-state index in [-0.39, 0.29) is 5.91 Å². The highest BCUT2D eigenvalue weighted by Gasteiger charge is 2.20. The zero-order valence-electron chi connectivity index (χ0n) is 10.6. The summed E-state index contributed by atoms with van der Waals surface area (Å²) in [6.07, 6.45) is 2.56. The Morgan fingerprint density at radius 3 is 3.00 bits per heavy atom. The third-order valence-electron chi connectivity index (χ3n) is 2.82. The van der Waals surface area contributed by atoms with Gasteiger partial charge in [-0.05, 0) is 37.8 Å². The van der Waals surface area contributed by atoms with E-state index in [1.165, 1.54) is 12.8 Å². The molecule has 0 saturated heterocycles. The number of pyridine rings is 1. The molecule has 5 heteroatoms. The van der Waals surface area contributed by atoms with Crippen molar-refractivity contribution in [3.05, 3.63) is 23.4 Å². The molecule has 0 aromatic carbocycles. The van der Waals surface area contributed by atoms with Gasteiger partial charge in [0.05, 0.1) is 6.61 Å². The number of carbonyl (C=O) groups is 1. The summed E-state index contributed by atoms with van der Waals surface area (Å²) < 4.78 is 5.44. The number of hydrogen-bond acceptors (Lipinski definition) is 4. The van der Waals surface area contributed by atoms with Crippen molar-refractivity contribution < 1.29 is 9.53 Å². The zero-order valence-corrected chi connectivity index (χ0v) is 10.6. The molecule has 18 heavy (non-hydrogen) atoms. The molecule has 0 bridgehead atoms. The third kappa shape index (κ3) is 4.00. The van der Waals surface area contributed by atoms with Crippen LogP contribution in [0.2, 0.25) is 0 Å². The van der Waals surface area contributed by atoms with E-state index in [0.29, 0.717) is 24.5 Å². The van der Waals surface area contributed by atoms with Crippen molar-refractivity contribution in [2.24, 2.45) is 5.92 Å². The second-order valence-corrected chi connectivity index (χ2v) is 4.70. The molecule has 0 unspecified atom stereocenters. The molecule has 5 nitrogen and oxygen atoms in total. The molecule has 0 atom stereocenters. The molecule has 2 rings (SSSR count). The van der Waals surface area contributed by atoms with Gasteiger partial charge in [0.25, 0.3) is 5.91 Å². The average Bonchev–Trinajstić information content (AvgIpc) is 3.11. The number of aryl methyl sites for hydroxylation is 1. The fraction of sp³-hybridized carbons (Fsp3) is 0.538. The number of anilines is 1. The van der Waals surface area contributed by atoms with Crippen LogP contribution in [-0.2, 0) is 4.74 Å². The van der Waals surface area contributed by atoms with Crippen molar-refractivity contribution in [3.63, 3.8) is 0 Å². The minimum atomic E-state index is -0.137. The first kappa shape index (κ1) is 12.8. The van der Waals surface area contributed by atoms with Crippen molar-refractivity contribution >= 4 is 11.7 Å². The van der Waals surface area contributed by atoms with E-state index in [0.717, 1.165) is 18.2 Å². The average molecular weight is 249 g/mol. The lowest BCUT2D eigenvalue weighted by Gasteiger charge is -2.07. The Bertz CT molecular complexity index is 410. The lowest BCUT2D eigenvalue weighted by Crippen LogP contribution is -2.27. The van der Waals surface area contributed by atoms with E-state index in [9.17, 15) is 4.79 Å². The molecule has 0 spiro atoms. The molecular weight excluding hydrogens is 230 g/mol. The van der Waals surface area contributed by atoms with Crippen LogP contribution in [0.4, 0.5) is 5.82 Å². The van der Waals surface area contributed by atoms with Gasteiger partial charge in [0.1, 0.15) is 5.82 Å². The number of nitrogen functional groups attached to an aromatic ring is 1. The lowest BCUT2D eigenvalue weighted by atomic mass is 10.2. The SMILES string of the molecule is Cc1cc(C(=O)NCCOCC2CC2)cc(N)n1. The standard InChI is InChI=1S/C13H19N3O2/c1-9-6-11(7-12(14)16-9)13(17)15-4-5-18-8-10-2-3-10/h6-7,10H,2-5,8H2,1H3,(H2,14,16)(H,15,17). The number of amides is 1. The van der Waals surface area contributed by atoms with Crippen LogP contribution in [0.3, 0.4) is 0 Å². The van der Waals surface area contributed by atoms with Gasteiger partial charge in [-0.3, -0.25) is 4.79 Å². The van der Waals surface area contributed by atoms with E-state index in [4.69, 9.17) is 10.5 Å². The van der Waals surface area contributed by atoms with Crippen molar-refractivity contribution in [1.29, 1.82) is 0 Å². The summed E-state index contributed by atoms with van der Waals surface area (Å²) in [5.41, 5.74) is 6.88. The fourth-order valence-corrected chi connectivity index (χ4v) is 1.70. The molecule has 1 heterocycles. The number of carbonyl (C=O) groups excluding carboxylic acids is 1. The van der Waals surface area contributed by atoms with Gasteiger partial charge in [-0.25, -0.2) is 4.98 Å². The molecule has 1 aromatic heterocycles. The van der Waals surface area contributed by atoms with E-state index < -0.39 is 0 Å². The highest BCUT2D eigenvalue weighted by atomic mass is 16.5. The Hall–Kier alpha value is -1.62. The quantitative estimate of drug-likeness (QED) is 0.741. The monoisotopic (exact) mass is 249 g/mol. The van der Waals surface area contributed by atoms with E-state index in [1.807, 2.05) is 6.92 Å². The summed E-state index contributed by atoms with van der Waals surface area (Å²) in [6, 6.07) is 3.30. The Balaban J connectivity index is 1.72. The number of hydrogen-bond donors (Lipinski definition) is 2. The third-order valence-corrected chi connectivity index (χ3v) is 2.82. The zero-order chi connectivity index (χ0) is 13.0. The molecule has 0 aliphatic heterocycles. The Morgan fingerprint density at radius 1 is 1.56 bits per heavy atom. The van der Waals surface area contributed by atoms with Gasteiger partial charge < -0.3 is 15.8 Å². The fourth-order valence-electron chi connectivity index (χ4n) is 1.70. The van der Waals surface area contributed by atoms with Gasteiger partial charge in [-0.1, -0.05) is 0 Å². The Kier molecular flexibility index (Phi) is 4.15. The van der Waals surface area contributed by atoms with Gasteiger partial charge in [-0.15, -0.1) is 0 Å². The minimum Gasteiger partial charge on any atom is -0.384 e. The molecule has 1 aliphatic rings. The summed E-state index contributed by atoms with van der Waals surface area (Å²) in [7, 11) is 0.